The average Bonchev–Trinajstić information content (AvgIpc) is 3.04. The number of furan rings is 1. The summed E-state index contributed by atoms with van der Waals surface area (Å²) in [7, 11) is 0. The van der Waals surface area contributed by atoms with Crippen LogP contribution in [0.5, 0.6) is 0 Å². The van der Waals surface area contributed by atoms with Crippen LogP contribution in [0.1, 0.15) is 42.0 Å². The van der Waals surface area contributed by atoms with Gasteiger partial charge in [0.2, 0.25) is 11.6 Å². The molecule has 2 aromatic heterocycles. The lowest BCUT2D eigenvalue weighted by atomic mass is 9.96. The van der Waals surface area contributed by atoms with Crippen molar-refractivity contribution in [2.24, 2.45) is 5.92 Å². The second-order valence-corrected chi connectivity index (χ2v) is 8.22. The molecule has 1 aromatic carbocycles. The Morgan fingerprint density at radius 1 is 1.20 bits per heavy atom. The Morgan fingerprint density at radius 3 is 2.80 bits per heavy atom. The summed E-state index contributed by atoms with van der Waals surface area (Å²) in [6, 6.07) is 10.4. The lowest BCUT2D eigenvalue weighted by Gasteiger charge is -2.33. The Hall–Kier alpha value is -2.89. The Balaban J connectivity index is 1.40. The van der Waals surface area contributed by atoms with Gasteiger partial charge in [0.1, 0.15) is 17.4 Å². The van der Waals surface area contributed by atoms with Crippen LogP contribution < -0.4 is 10.2 Å². The minimum atomic E-state index is -0.0194. The molecule has 1 amide bonds. The topological polar surface area (TPSA) is 71.3 Å². The molecule has 6 nitrogen and oxygen atoms in total. The molecule has 1 aliphatic heterocycles. The van der Waals surface area contributed by atoms with Gasteiger partial charge in [0.15, 0.2) is 0 Å². The quantitative estimate of drug-likeness (QED) is 0.624. The van der Waals surface area contributed by atoms with Crippen LogP contribution in [0.15, 0.2) is 34.7 Å². The predicted molar refractivity (Wildman–Crippen MR) is 119 cm³/mol. The molecule has 0 bridgehead atoms. The van der Waals surface area contributed by atoms with E-state index in [2.05, 4.69) is 39.5 Å². The van der Waals surface area contributed by atoms with E-state index in [1.165, 1.54) is 5.56 Å². The molecule has 0 spiro atoms. The number of rotatable bonds is 6. The van der Waals surface area contributed by atoms with E-state index in [1.54, 1.807) is 0 Å². The van der Waals surface area contributed by atoms with Gasteiger partial charge in [-0.05, 0) is 52.0 Å². The summed E-state index contributed by atoms with van der Waals surface area (Å²) in [6.45, 7) is 8.17. The fourth-order valence-corrected chi connectivity index (χ4v) is 4.24. The van der Waals surface area contributed by atoms with Gasteiger partial charge < -0.3 is 14.6 Å². The Morgan fingerprint density at radius 2 is 2.00 bits per heavy atom. The average molecular weight is 407 g/mol. The van der Waals surface area contributed by atoms with Gasteiger partial charge in [-0.15, -0.1) is 0 Å². The van der Waals surface area contributed by atoms with Crippen molar-refractivity contribution in [3.63, 3.8) is 0 Å². The first-order valence-corrected chi connectivity index (χ1v) is 10.8. The molecule has 1 N–H and O–H groups in total. The summed E-state index contributed by atoms with van der Waals surface area (Å²) in [5, 5.41) is 4.12. The number of anilines is 1. The van der Waals surface area contributed by atoms with Crippen molar-refractivity contribution in [1.29, 1.82) is 0 Å². The summed E-state index contributed by atoms with van der Waals surface area (Å²) < 4.78 is 5.83. The van der Waals surface area contributed by atoms with Crippen molar-refractivity contribution < 1.29 is 9.21 Å². The molecule has 1 fully saturated rings. The Bertz CT molecular complexity index is 1030. The zero-order chi connectivity index (χ0) is 21.1. The monoisotopic (exact) mass is 406 g/mol. The zero-order valence-electron chi connectivity index (χ0n) is 18.1. The summed E-state index contributed by atoms with van der Waals surface area (Å²) in [6.07, 6.45) is 3.82. The first-order chi connectivity index (χ1) is 14.5. The van der Waals surface area contributed by atoms with Crippen LogP contribution >= 0.6 is 0 Å². The van der Waals surface area contributed by atoms with E-state index in [9.17, 15) is 4.79 Å². The maximum Gasteiger partial charge on any atom is 0.231 e. The van der Waals surface area contributed by atoms with Crippen LogP contribution in [0.2, 0.25) is 0 Å². The SMILES string of the molecule is Cc1nc(N2CCC[C@H](C(=O)NCCCc3ccccc3)C2)c2c(C)c(C)oc2n1. The van der Waals surface area contributed by atoms with Crippen molar-refractivity contribution in [1.82, 2.24) is 15.3 Å². The van der Waals surface area contributed by atoms with Crippen molar-refractivity contribution in [3.8, 4) is 0 Å². The highest BCUT2D eigenvalue weighted by Crippen LogP contribution is 2.33. The molecular weight excluding hydrogens is 376 g/mol. The highest BCUT2D eigenvalue weighted by molar-refractivity contribution is 5.90. The third kappa shape index (κ3) is 4.32. The molecule has 30 heavy (non-hydrogen) atoms. The molecule has 1 atom stereocenters. The first-order valence-electron chi connectivity index (χ1n) is 10.8. The second-order valence-electron chi connectivity index (χ2n) is 8.22. The molecule has 6 heteroatoms. The molecule has 4 rings (SSSR count). The molecule has 0 saturated carbocycles. The largest absolute Gasteiger partial charge is 0.443 e. The van der Waals surface area contributed by atoms with Gasteiger partial charge >= 0.3 is 0 Å². The van der Waals surface area contributed by atoms with Crippen molar-refractivity contribution >= 4 is 22.8 Å². The van der Waals surface area contributed by atoms with E-state index in [0.29, 0.717) is 24.6 Å². The Kier molecular flexibility index (Phi) is 6.02. The summed E-state index contributed by atoms with van der Waals surface area (Å²) >= 11 is 0. The number of nitrogens with zero attached hydrogens (tertiary/aromatic N) is 3. The predicted octanol–water partition coefficient (Wildman–Crippen LogP) is 4.11. The standard InChI is InChI=1S/C24H30N4O2/c1-16-17(2)30-24-21(16)22(26-18(3)27-24)28-14-8-12-20(15-28)23(29)25-13-7-11-19-9-5-4-6-10-19/h4-6,9-10,20H,7-8,11-15H2,1-3H3,(H,25,29)/t20-/m0/s1. The molecule has 1 saturated heterocycles. The third-order valence-electron chi connectivity index (χ3n) is 6.00. The van der Waals surface area contributed by atoms with E-state index in [4.69, 9.17) is 9.40 Å². The maximum absolute atomic E-state index is 12.8. The molecule has 1 aliphatic rings. The molecule has 158 valence electrons. The van der Waals surface area contributed by atoms with Gasteiger partial charge in [0.05, 0.1) is 11.3 Å². The molecule has 3 heterocycles. The summed E-state index contributed by atoms with van der Waals surface area (Å²) in [4.78, 5) is 24.2. The number of hydrogen-bond acceptors (Lipinski definition) is 5. The smallest absolute Gasteiger partial charge is 0.231 e. The minimum absolute atomic E-state index is 0.0194. The van der Waals surface area contributed by atoms with Crippen LogP contribution in [-0.4, -0.2) is 35.5 Å². The molecule has 0 radical (unpaired) electrons. The van der Waals surface area contributed by atoms with Gasteiger partial charge in [-0.25, -0.2) is 4.98 Å². The highest BCUT2D eigenvalue weighted by Gasteiger charge is 2.28. The third-order valence-corrected chi connectivity index (χ3v) is 6.00. The van der Waals surface area contributed by atoms with E-state index in [-0.39, 0.29) is 11.8 Å². The van der Waals surface area contributed by atoms with Gasteiger partial charge in [-0.3, -0.25) is 4.79 Å². The maximum atomic E-state index is 12.8. The number of hydrogen-bond donors (Lipinski definition) is 1. The molecule has 3 aromatic rings. The number of nitrogens with one attached hydrogen (secondary N) is 1. The van der Waals surface area contributed by atoms with Crippen LogP contribution in [-0.2, 0) is 11.2 Å². The number of piperidine rings is 1. The lowest BCUT2D eigenvalue weighted by molar-refractivity contribution is -0.125. The zero-order valence-corrected chi connectivity index (χ0v) is 18.1. The number of benzene rings is 1. The van der Waals surface area contributed by atoms with Crippen molar-refractivity contribution in [2.45, 2.75) is 46.5 Å². The normalized spacial score (nSPS) is 16.8. The number of amides is 1. The van der Waals surface area contributed by atoms with Crippen LogP contribution in [0, 0.1) is 26.7 Å². The lowest BCUT2D eigenvalue weighted by Crippen LogP contribution is -2.43. The van der Waals surface area contributed by atoms with Gasteiger partial charge in [-0.2, -0.15) is 4.98 Å². The second kappa shape index (κ2) is 8.86. The number of aromatic nitrogens is 2. The number of carbonyl (C=O) groups excluding carboxylic acids is 1. The van der Waals surface area contributed by atoms with Crippen molar-refractivity contribution in [2.75, 3.05) is 24.5 Å². The van der Waals surface area contributed by atoms with Crippen LogP contribution in [0.4, 0.5) is 5.82 Å². The summed E-state index contributed by atoms with van der Waals surface area (Å²) in [5.74, 6) is 2.59. The highest BCUT2D eigenvalue weighted by atomic mass is 16.3. The van der Waals surface area contributed by atoms with Crippen LogP contribution in [0.25, 0.3) is 11.1 Å². The van der Waals surface area contributed by atoms with Gasteiger partial charge in [0.25, 0.3) is 0 Å². The number of fused-ring (bicyclic) bond motifs is 1. The number of carbonyl (C=O) groups is 1. The van der Waals surface area contributed by atoms with Gasteiger partial charge in [-0.1, -0.05) is 30.3 Å². The van der Waals surface area contributed by atoms with E-state index in [0.717, 1.165) is 54.8 Å². The summed E-state index contributed by atoms with van der Waals surface area (Å²) in [5.41, 5.74) is 3.02. The van der Waals surface area contributed by atoms with Gasteiger partial charge in [0, 0.05) is 25.2 Å². The fourth-order valence-electron chi connectivity index (χ4n) is 4.24. The van der Waals surface area contributed by atoms with E-state index >= 15 is 0 Å². The molecular formula is C24H30N4O2. The molecule has 0 aliphatic carbocycles. The molecule has 0 unspecified atom stereocenters. The number of aryl methyl sites for hydroxylation is 4. The van der Waals surface area contributed by atoms with E-state index in [1.807, 2.05) is 26.8 Å². The van der Waals surface area contributed by atoms with Crippen LogP contribution in [0.3, 0.4) is 0 Å². The first kappa shape index (κ1) is 20.4. The van der Waals surface area contributed by atoms with Crippen molar-refractivity contribution in [3.05, 3.63) is 53.0 Å². The van der Waals surface area contributed by atoms with E-state index < -0.39 is 0 Å². The Labute approximate surface area is 177 Å². The fraction of sp³-hybridized carbons (Fsp3) is 0.458. The minimum Gasteiger partial charge on any atom is -0.443 e.